The molecule has 114 valence electrons. The molecule has 0 spiro atoms. The van der Waals surface area contributed by atoms with Gasteiger partial charge in [-0.05, 0) is 42.9 Å². The number of hydrogen-bond donors (Lipinski definition) is 1. The van der Waals surface area contributed by atoms with E-state index in [1.165, 1.54) is 12.1 Å². The van der Waals surface area contributed by atoms with Crippen LogP contribution in [0.15, 0.2) is 18.2 Å². The van der Waals surface area contributed by atoms with Gasteiger partial charge in [0.25, 0.3) is 0 Å². The maximum atomic E-state index is 13.3. The number of rotatable bonds is 3. The molecule has 1 aromatic rings. The topological polar surface area (TPSA) is 40.5 Å². The maximum absolute atomic E-state index is 13.3. The standard InChI is InChI=1S/C16H19F2NO2/c17-12-6-5-10(7-13(12)18)9-19-14-4-2-1-3-11(14)8-15(19)16(20)21/h5-7,11,14-15H,1-4,8-9H2,(H,20,21)/t11-,14+,15-/m0/s1. The quantitative estimate of drug-likeness (QED) is 0.931. The summed E-state index contributed by atoms with van der Waals surface area (Å²) < 4.78 is 26.3. The van der Waals surface area contributed by atoms with E-state index >= 15 is 0 Å². The highest BCUT2D eigenvalue weighted by molar-refractivity contribution is 5.74. The third-order valence-corrected chi connectivity index (χ3v) is 4.86. The Morgan fingerprint density at radius 2 is 2.00 bits per heavy atom. The van der Waals surface area contributed by atoms with Gasteiger partial charge in [-0.3, -0.25) is 9.69 Å². The van der Waals surface area contributed by atoms with E-state index in [0.29, 0.717) is 24.4 Å². The number of halogens is 2. The Balaban J connectivity index is 1.82. The van der Waals surface area contributed by atoms with Crippen LogP contribution in [0.5, 0.6) is 0 Å². The monoisotopic (exact) mass is 295 g/mol. The molecule has 3 rings (SSSR count). The highest BCUT2D eigenvalue weighted by Gasteiger charge is 2.44. The lowest BCUT2D eigenvalue weighted by atomic mass is 9.84. The molecule has 2 aliphatic rings. The lowest BCUT2D eigenvalue weighted by Gasteiger charge is -2.33. The second-order valence-electron chi connectivity index (χ2n) is 6.12. The predicted octanol–water partition coefficient (Wildman–Crippen LogP) is 3.18. The second-order valence-corrected chi connectivity index (χ2v) is 6.12. The molecule has 2 fully saturated rings. The van der Waals surface area contributed by atoms with Crippen molar-refractivity contribution in [3.8, 4) is 0 Å². The van der Waals surface area contributed by atoms with Crippen LogP contribution in [0.25, 0.3) is 0 Å². The van der Waals surface area contributed by atoms with E-state index in [2.05, 4.69) is 0 Å². The van der Waals surface area contributed by atoms with Crippen LogP contribution in [0, 0.1) is 17.6 Å². The first kappa shape index (κ1) is 14.4. The first-order chi connectivity index (χ1) is 10.1. The Kier molecular flexibility index (Phi) is 3.93. The summed E-state index contributed by atoms with van der Waals surface area (Å²) in [5.74, 6) is -2.14. The van der Waals surface area contributed by atoms with Crippen molar-refractivity contribution in [2.75, 3.05) is 0 Å². The molecule has 1 saturated heterocycles. The fourth-order valence-electron chi connectivity index (χ4n) is 3.87. The molecule has 1 aliphatic heterocycles. The largest absolute Gasteiger partial charge is 0.480 e. The molecule has 0 bridgehead atoms. The summed E-state index contributed by atoms with van der Waals surface area (Å²) in [5, 5.41) is 9.43. The van der Waals surface area contributed by atoms with E-state index < -0.39 is 23.6 Å². The molecule has 1 aromatic carbocycles. The molecule has 1 N–H and O–H groups in total. The number of hydrogen-bond acceptors (Lipinski definition) is 2. The smallest absolute Gasteiger partial charge is 0.320 e. The van der Waals surface area contributed by atoms with Crippen LogP contribution < -0.4 is 0 Å². The number of carboxylic acid groups (broad SMARTS) is 1. The summed E-state index contributed by atoms with van der Waals surface area (Å²) in [6.45, 7) is 0.370. The van der Waals surface area contributed by atoms with E-state index in [4.69, 9.17) is 0 Å². The zero-order chi connectivity index (χ0) is 15.0. The van der Waals surface area contributed by atoms with Crippen LogP contribution in [0.1, 0.15) is 37.7 Å². The van der Waals surface area contributed by atoms with Crippen molar-refractivity contribution >= 4 is 5.97 Å². The lowest BCUT2D eigenvalue weighted by molar-refractivity contribution is -0.142. The van der Waals surface area contributed by atoms with Gasteiger partial charge in [0.2, 0.25) is 0 Å². The number of carboxylic acids is 1. The van der Waals surface area contributed by atoms with Gasteiger partial charge in [0.1, 0.15) is 6.04 Å². The fourth-order valence-corrected chi connectivity index (χ4v) is 3.87. The lowest BCUT2D eigenvalue weighted by Crippen LogP contribution is -2.41. The van der Waals surface area contributed by atoms with Gasteiger partial charge in [-0.1, -0.05) is 18.9 Å². The highest BCUT2D eigenvalue weighted by atomic mass is 19.2. The third-order valence-electron chi connectivity index (χ3n) is 4.86. The number of nitrogens with zero attached hydrogens (tertiary/aromatic N) is 1. The number of aliphatic carboxylic acids is 1. The molecule has 3 atom stereocenters. The minimum absolute atomic E-state index is 0.257. The van der Waals surface area contributed by atoms with Gasteiger partial charge in [-0.15, -0.1) is 0 Å². The summed E-state index contributed by atoms with van der Waals surface area (Å²) in [6.07, 6.45) is 5.01. The van der Waals surface area contributed by atoms with E-state index in [1.807, 2.05) is 4.90 Å². The molecule has 0 unspecified atom stereocenters. The molecule has 5 heteroatoms. The zero-order valence-electron chi connectivity index (χ0n) is 11.8. The molecule has 1 aliphatic carbocycles. The SMILES string of the molecule is O=C(O)[C@@H]1C[C@@H]2CCCC[C@H]2N1Cc1ccc(F)c(F)c1. The van der Waals surface area contributed by atoms with Gasteiger partial charge < -0.3 is 5.11 Å². The van der Waals surface area contributed by atoms with Crippen LogP contribution in [-0.4, -0.2) is 28.1 Å². The van der Waals surface area contributed by atoms with E-state index in [9.17, 15) is 18.7 Å². The number of carbonyl (C=O) groups is 1. The van der Waals surface area contributed by atoms with Crippen LogP contribution in [0.3, 0.4) is 0 Å². The van der Waals surface area contributed by atoms with Crippen LogP contribution in [-0.2, 0) is 11.3 Å². The fraction of sp³-hybridized carbons (Fsp3) is 0.562. The highest BCUT2D eigenvalue weighted by Crippen LogP contribution is 2.40. The maximum Gasteiger partial charge on any atom is 0.320 e. The number of benzene rings is 1. The Morgan fingerprint density at radius 1 is 1.24 bits per heavy atom. The van der Waals surface area contributed by atoms with Crippen LogP contribution >= 0.6 is 0 Å². The Labute approximate surface area is 122 Å². The number of fused-ring (bicyclic) bond motifs is 1. The predicted molar refractivity (Wildman–Crippen MR) is 73.7 cm³/mol. The molecule has 21 heavy (non-hydrogen) atoms. The molecule has 0 amide bonds. The second kappa shape index (κ2) is 5.72. The van der Waals surface area contributed by atoms with Crippen molar-refractivity contribution in [1.29, 1.82) is 0 Å². The average molecular weight is 295 g/mol. The molecular formula is C16H19F2NO2. The Bertz CT molecular complexity index is 549. The van der Waals surface area contributed by atoms with Gasteiger partial charge in [0, 0.05) is 12.6 Å². The molecule has 0 radical (unpaired) electrons. The van der Waals surface area contributed by atoms with Crippen LogP contribution in [0.4, 0.5) is 8.78 Å². The third kappa shape index (κ3) is 2.79. The minimum Gasteiger partial charge on any atom is -0.480 e. The average Bonchev–Trinajstić information content (AvgIpc) is 2.82. The summed E-state index contributed by atoms with van der Waals surface area (Å²) in [5.41, 5.74) is 0.631. The Hall–Kier alpha value is -1.49. The van der Waals surface area contributed by atoms with Crippen molar-refractivity contribution in [3.05, 3.63) is 35.4 Å². The first-order valence-corrected chi connectivity index (χ1v) is 7.48. The molecule has 1 saturated carbocycles. The van der Waals surface area contributed by atoms with Gasteiger partial charge in [-0.25, -0.2) is 8.78 Å². The molecular weight excluding hydrogens is 276 g/mol. The summed E-state index contributed by atoms with van der Waals surface area (Å²) in [6, 6.07) is 3.56. The van der Waals surface area contributed by atoms with Gasteiger partial charge in [0.15, 0.2) is 11.6 Å². The van der Waals surface area contributed by atoms with Crippen molar-refractivity contribution in [1.82, 2.24) is 4.90 Å². The van der Waals surface area contributed by atoms with Crippen molar-refractivity contribution in [2.24, 2.45) is 5.92 Å². The van der Waals surface area contributed by atoms with Gasteiger partial charge in [0.05, 0.1) is 0 Å². The Morgan fingerprint density at radius 3 is 2.71 bits per heavy atom. The molecule has 0 aromatic heterocycles. The van der Waals surface area contributed by atoms with Gasteiger partial charge >= 0.3 is 5.97 Å². The minimum atomic E-state index is -0.876. The molecule has 1 heterocycles. The van der Waals surface area contributed by atoms with E-state index in [1.54, 1.807) is 0 Å². The van der Waals surface area contributed by atoms with E-state index in [-0.39, 0.29) is 6.04 Å². The zero-order valence-corrected chi connectivity index (χ0v) is 11.8. The van der Waals surface area contributed by atoms with Gasteiger partial charge in [-0.2, -0.15) is 0 Å². The van der Waals surface area contributed by atoms with Crippen molar-refractivity contribution in [3.63, 3.8) is 0 Å². The summed E-state index contributed by atoms with van der Waals surface area (Å²) in [7, 11) is 0. The summed E-state index contributed by atoms with van der Waals surface area (Å²) >= 11 is 0. The summed E-state index contributed by atoms with van der Waals surface area (Å²) in [4.78, 5) is 13.5. The van der Waals surface area contributed by atoms with Crippen molar-refractivity contribution in [2.45, 2.75) is 50.7 Å². The van der Waals surface area contributed by atoms with E-state index in [0.717, 1.165) is 31.7 Å². The number of likely N-dealkylation sites (tertiary alicyclic amines) is 1. The van der Waals surface area contributed by atoms with Crippen molar-refractivity contribution < 1.29 is 18.7 Å². The van der Waals surface area contributed by atoms with Crippen LogP contribution in [0.2, 0.25) is 0 Å². The molecule has 3 nitrogen and oxygen atoms in total. The normalized spacial score (nSPS) is 29.3. The first-order valence-electron chi connectivity index (χ1n) is 7.48.